The Morgan fingerprint density at radius 3 is 2.33 bits per heavy atom. The van der Waals surface area contributed by atoms with E-state index in [1.54, 1.807) is 35.6 Å². The summed E-state index contributed by atoms with van der Waals surface area (Å²) in [7, 11) is -2.36. The van der Waals surface area contributed by atoms with E-state index in [1.165, 1.54) is 25.5 Å². The van der Waals surface area contributed by atoms with Crippen molar-refractivity contribution >= 4 is 37.3 Å². The topological polar surface area (TPSA) is 72.4 Å². The number of nitrogens with zero attached hydrogens (tertiary/aromatic N) is 3. The largest absolute Gasteiger partial charge is 0.438 e. The number of thiophene rings is 1. The number of benzene rings is 2. The summed E-state index contributed by atoms with van der Waals surface area (Å²) in [5.74, 6) is 0.490. The highest BCUT2D eigenvalue weighted by Crippen LogP contribution is 2.36. The molecule has 0 atom stereocenters. The first-order valence-corrected chi connectivity index (χ1v) is 11.3. The number of rotatable bonds is 5. The smallest absolute Gasteiger partial charge is 0.264 e. The molecule has 0 fully saturated rings. The second kappa shape index (κ2) is 7.66. The van der Waals surface area contributed by atoms with Crippen molar-refractivity contribution in [1.82, 2.24) is 9.97 Å². The zero-order valence-corrected chi connectivity index (χ0v) is 18.1. The quantitative estimate of drug-likeness (QED) is 0.431. The molecule has 0 N–H and O–H groups in total. The summed E-state index contributed by atoms with van der Waals surface area (Å²) in [6.45, 7) is 4.03. The molecule has 6 nitrogen and oxygen atoms in total. The number of hydrogen-bond acceptors (Lipinski definition) is 6. The van der Waals surface area contributed by atoms with Crippen LogP contribution in [0.2, 0.25) is 0 Å². The van der Waals surface area contributed by atoms with Gasteiger partial charge in [-0.15, -0.1) is 11.3 Å². The summed E-state index contributed by atoms with van der Waals surface area (Å²) in [5.41, 5.74) is 1.52. The van der Waals surface area contributed by atoms with Gasteiger partial charge in [-0.2, -0.15) is 0 Å². The molecule has 0 saturated carbocycles. The number of aromatic nitrogens is 2. The van der Waals surface area contributed by atoms with Crippen molar-refractivity contribution in [2.24, 2.45) is 0 Å². The van der Waals surface area contributed by atoms with Crippen molar-refractivity contribution in [3.63, 3.8) is 0 Å². The first-order valence-electron chi connectivity index (χ1n) is 9.00. The van der Waals surface area contributed by atoms with Crippen LogP contribution in [0.5, 0.6) is 11.6 Å². The third kappa shape index (κ3) is 3.61. The number of ether oxygens (including phenoxy) is 1. The molecule has 2 heterocycles. The molecule has 4 rings (SSSR count). The molecule has 0 bridgehead atoms. The van der Waals surface area contributed by atoms with E-state index in [1.807, 2.05) is 13.8 Å². The Labute approximate surface area is 177 Å². The predicted molar refractivity (Wildman–Crippen MR) is 115 cm³/mol. The fourth-order valence-corrected chi connectivity index (χ4v) is 5.15. The van der Waals surface area contributed by atoms with E-state index in [9.17, 15) is 12.8 Å². The minimum atomic E-state index is -3.81. The molecule has 4 aromatic rings. The number of halogens is 1. The van der Waals surface area contributed by atoms with Gasteiger partial charge in [-0.3, -0.25) is 4.31 Å². The van der Waals surface area contributed by atoms with Crippen molar-refractivity contribution in [3.8, 4) is 11.6 Å². The van der Waals surface area contributed by atoms with Crippen LogP contribution in [-0.2, 0) is 10.0 Å². The number of hydrogen-bond donors (Lipinski definition) is 0. The molecule has 9 heteroatoms. The number of anilines is 1. The van der Waals surface area contributed by atoms with Crippen LogP contribution in [-0.4, -0.2) is 25.4 Å². The molecule has 0 aliphatic carbocycles. The lowest BCUT2D eigenvalue weighted by molar-refractivity contribution is 0.468. The molecule has 0 aliphatic heterocycles. The number of fused-ring (bicyclic) bond motifs is 1. The minimum Gasteiger partial charge on any atom is -0.438 e. The Balaban J connectivity index is 1.60. The van der Waals surface area contributed by atoms with Gasteiger partial charge in [-0.05, 0) is 67.9 Å². The zero-order chi connectivity index (χ0) is 21.5. The SMILES string of the molecule is Cc1sc2ncnc(Oc3ccc(N(C)S(=O)(=O)c4ccc(F)cc4)cc3)c2c1C. The van der Waals surface area contributed by atoms with Crippen LogP contribution in [0.15, 0.2) is 59.8 Å². The fourth-order valence-electron chi connectivity index (χ4n) is 2.97. The van der Waals surface area contributed by atoms with Crippen molar-refractivity contribution in [2.75, 3.05) is 11.4 Å². The molecule has 2 aromatic heterocycles. The summed E-state index contributed by atoms with van der Waals surface area (Å²) < 4.78 is 45.7. The molecule has 0 saturated heterocycles. The van der Waals surface area contributed by atoms with Gasteiger partial charge in [0.05, 0.1) is 16.0 Å². The first kappa shape index (κ1) is 20.2. The van der Waals surface area contributed by atoms with Crippen LogP contribution in [0.1, 0.15) is 10.4 Å². The second-order valence-electron chi connectivity index (χ2n) is 6.66. The minimum absolute atomic E-state index is 0.0124. The molecular weight excluding hydrogens is 425 g/mol. The Kier molecular flexibility index (Phi) is 5.17. The Morgan fingerprint density at radius 2 is 1.67 bits per heavy atom. The lowest BCUT2D eigenvalue weighted by atomic mass is 10.2. The summed E-state index contributed by atoms with van der Waals surface area (Å²) in [4.78, 5) is 10.6. The maximum absolute atomic E-state index is 13.1. The highest BCUT2D eigenvalue weighted by Gasteiger charge is 2.21. The van der Waals surface area contributed by atoms with Crippen molar-refractivity contribution in [2.45, 2.75) is 18.7 Å². The van der Waals surface area contributed by atoms with Gasteiger partial charge >= 0.3 is 0 Å². The Hall–Kier alpha value is -3.04. The van der Waals surface area contributed by atoms with Crippen LogP contribution >= 0.6 is 11.3 Å². The van der Waals surface area contributed by atoms with Gasteiger partial charge < -0.3 is 4.74 Å². The van der Waals surface area contributed by atoms with Gasteiger partial charge in [0.15, 0.2) is 0 Å². The van der Waals surface area contributed by atoms with E-state index in [4.69, 9.17) is 4.74 Å². The molecular formula is C21H18FN3O3S2. The number of sulfonamides is 1. The van der Waals surface area contributed by atoms with E-state index >= 15 is 0 Å². The van der Waals surface area contributed by atoms with Crippen molar-refractivity contribution in [3.05, 3.63) is 71.1 Å². The molecule has 0 aliphatic rings. The maximum Gasteiger partial charge on any atom is 0.264 e. The molecule has 2 aromatic carbocycles. The van der Waals surface area contributed by atoms with Crippen LogP contribution in [0.3, 0.4) is 0 Å². The van der Waals surface area contributed by atoms with Gasteiger partial charge in [-0.25, -0.2) is 22.8 Å². The van der Waals surface area contributed by atoms with Crippen LogP contribution in [0.25, 0.3) is 10.2 Å². The van der Waals surface area contributed by atoms with Crippen molar-refractivity contribution in [1.29, 1.82) is 0 Å². The first-order chi connectivity index (χ1) is 14.3. The lowest BCUT2D eigenvalue weighted by Gasteiger charge is -2.19. The predicted octanol–water partition coefficient (Wildman–Crippen LogP) is 5.06. The van der Waals surface area contributed by atoms with Gasteiger partial charge in [-0.1, -0.05) is 0 Å². The molecule has 154 valence electrons. The highest BCUT2D eigenvalue weighted by molar-refractivity contribution is 7.92. The summed E-state index contributed by atoms with van der Waals surface area (Å²) in [6, 6.07) is 11.3. The van der Waals surface area contributed by atoms with E-state index in [0.29, 0.717) is 17.3 Å². The number of aryl methyl sites for hydroxylation is 2. The molecule has 0 spiro atoms. The third-order valence-corrected chi connectivity index (χ3v) is 7.73. The van der Waals surface area contributed by atoms with E-state index < -0.39 is 15.8 Å². The second-order valence-corrected chi connectivity index (χ2v) is 9.84. The van der Waals surface area contributed by atoms with Crippen molar-refractivity contribution < 1.29 is 17.5 Å². The summed E-state index contributed by atoms with van der Waals surface area (Å²) >= 11 is 1.58. The lowest BCUT2D eigenvalue weighted by Crippen LogP contribution is -2.26. The maximum atomic E-state index is 13.1. The fraction of sp³-hybridized carbons (Fsp3) is 0.143. The summed E-state index contributed by atoms with van der Waals surface area (Å²) in [6.07, 6.45) is 1.46. The standard InChI is InChI=1S/C21H18FN3O3S2/c1-13-14(2)29-21-19(13)20(23-12-24-21)28-17-8-6-16(7-9-17)25(3)30(26,27)18-10-4-15(22)5-11-18/h4-12H,1-3H3. The van der Waals surface area contributed by atoms with Crippen LogP contribution < -0.4 is 9.04 Å². The van der Waals surface area contributed by atoms with Gasteiger partial charge in [0.1, 0.15) is 22.7 Å². The normalized spacial score (nSPS) is 11.6. The zero-order valence-electron chi connectivity index (χ0n) is 16.5. The van der Waals surface area contributed by atoms with Gasteiger partial charge in [0.25, 0.3) is 10.0 Å². The molecule has 0 unspecified atom stereocenters. The van der Waals surface area contributed by atoms with Crippen LogP contribution in [0.4, 0.5) is 10.1 Å². The third-order valence-electron chi connectivity index (χ3n) is 4.82. The average molecular weight is 444 g/mol. The van der Waals surface area contributed by atoms with E-state index in [-0.39, 0.29) is 4.90 Å². The highest BCUT2D eigenvalue weighted by atomic mass is 32.2. The Morgan fingerprint density at radius 1 is 1.00 bits per heavy atom. The Bertz CT molecular complexity index is 1320. The van der Waals surface area contributed by atoms with Crippen LogP contribution in [0, 0.1) is 19.7 Å². The molecule has 0 amide bonds. The average Bonchev–Trinajstić information content (AvgIpc) is 3.03. The molecule has 30 heavy (non-hydrogen) atoms. The van der Waals surface area contributed by atoms with E-state index in [0.717, 1.165) is 37.1 Å². The monoisotopic (exact) mass is 443 g/mol. The summed E-state index contributed by atoms with van der Waals surface area (Å²) in [5, 5.41) is 0.875. The van der Waals surface area contributed by atoms with E-state index in [2.05, 4.69) is 9.97 Å². The molecule has 0 radical (unpaired) electrons. The van der Waals surface area contributed by atoms with Gasteiger partial charge in [0, 0.05) is 11.9 Å². The van der Waals surface area contributed by atoms with Gasteiger partial charge in [0.2, 0.25) is 5.88 Å².